The summed E-state index contributed by atoms with van der Waals surface area (Å²) in [5.74, 6) is 0.476. The molecule has 86 valence electrons. The van der Waals surface area contributed by atoms with E-state index in [9.17, 15) is 0 Å². The largest absolute Gasteiger partial charge is 0.402 e. The minimum absolute atomic E-state index is 0.476. The minimum Gasteiger partial charge on any atom is -0.402 e. The van der Waals surface area contributed by atoms with Crippen molar-refractivity contribution in [2.75, 3.05) is 0 Å². The first-order chi connectivity index (χ1) is 7.02. The predicted molar refractivity (Wildman–Crippen MR) is 67.1 cm³/mol. The number of hydrogen-bond donors (Lipinski definition) is 1. The summed E-state index contributed by atoms with van der Waals surface area (Å²) < 4.78 is 0. The van der Waals surface area contributed by atoms with Crippen LogP contribution in [0.3, 0.4) is 0 Å². The van der Waals surface area contributed by atoms with Crippen molar-refractivity contribution in [2.24, 2.45) is 16.6 Å². The van der Waals surface area contributed by atoms with Crippen molar-refractivity contribution < 1.29 is 0 Å². The highest BCUT2D eigenvalue weighted by Gasteiger charge is 2.17. The van der Waals surface area contributed by atoms with Crippen molar-refractivity contribution in [1.29, 1.82) is 0 Å². The average molecular weight is 208 g/mol. The fraction of sp³-hybridized carbons (Fsp3) is 0.769. The van der Waals surface area contributed by atoms with Crippen molar-refractivity contribution in [3.05, 3.63) is 11.3 Å². The maximum Gasteiger partial charge on any atom is 0.0503 e. The Balaban J connectivity index is 2.86. The zero-order valence-corrected chi connectivity index (χ0v) is 10.5. The van der Waals surface area contributed by atoms with Gasteiger partial charge in [-0.15, -0.1) is 0 Å². The molecule has 0 aromatic heterocycles. The number of hydrogen-bond acceptors (Lipinski definition) is 2. The van der Waals surface area contributed by atoms with Crippen LogP contribution < -0.4 is 5.73 Å². The molecule has 1 saturated carbocycles. The zero-order valence-electron chi connectivity index (χ0n) is 10.5. The molecule has 0 spiro atoms. The molecule has 0 bridgehead atoms. The summed E-state index contributed by atoms with van der Waals surface area (Å²) in [7, 11) is 0. The van der Waals surface area contributed by atoms with Crippen LogP contribution in [0.15, 0.2) is 16.3 Å². The second-order valence-corrected chi connectivity index (χ2v) is 4.92. The van der Waals surface area contributed by atoms with Gasteiger partial charge in [0.25, 0.3) is 0 Å². The van der Waals surface area contributed by atoms with E-state index in [-0.39, 0.29) is 0 Å². The van der Waals surface area contributed by atoms with Gasteiger partial charge in [0.05, 0.1) is 6.04 Å². The van der Waals surface area contributed by atoms with Crippen molar-refractivity contribution in [3.8, 4) is 0 Å². The normalized spacial score (nSPS) is 21.0. The van der Waals surface area contributed by atoms with Crippen LogP contribution in [0.25, 0.3) is 0 Å². The third-order valence-corrected chi connectivity index (χ3v) is 3.17. The SMILES string of the molecule is CC(N)=C(C)C(=NC1CCCC1)C(C)C. The van der Waals surface area contributed by atoms with Gasteiger partial charge in [0.1, 0.15) is 0 Å². The van der Waals surface area contributed by atoms with Crippen LogP contribution in [-0.2, 0) is 0 Å². The average Bonchev–Trinajstić information content (AvgIpc) is 2.64. The minimum atomic E-state index is 0.476. The van der Waals surface area contributed by atoms with Gasteiger partial charge < -0.3 is 5.73 Å². The molecule has 0 aliphatic heterocycles. The molecule has 0 amide bonds. The molecule has 2 N–H and O–H groups in total. The Morgan fingerprint density at radius 2 is 1.73 bits per heavy atom. The van der Waals surface area contributed by atoms with Crippen LogP contribution in [-0.4, -0.2) is 11.8 Å². The Hall–Kier alpha value is -0.790. The van der Waals surface area contributed by atoms with Crippen LogP contribution in [0.2, 0.25) is 0 Å². The maximum absolute atomic E-state index is 5.85. The number of nitrogens with zero attached hydrogens (tertiary/aromatic N) is 1. The molecule has 1 aliphatic rings. The van der Waals surface area contributed by atoms with Crippen molar-refractivity contribution >= 4 is 5.71 Å². The fourth-order valence-corrected chi connectivity index (χ4v) is 2.11. The van der Waals surface area contributed by atoms with Gasteiger partial charge in [-0.05, 0) is 38.2 Å². The molecule has 0 radical (unpaired) electrons. The molecule has 1 fully saturated rings. The van der Waals surface area contributed by atoms with E-state index in [2.05, 4.69) is 20.8 Å². The standard InChI is InChI=1S/C13H24N2/c1-9(2)13(10(3)11(4)14)15-12-7-5-6-8-12/h9,12H,5-8,14H2,1-4H3. The first-order valence-electron chi connectivity index (χ1n) is 6.03. The molecule has 0 atom stereocenters. The van der Waals surface area contributed by atoms with E-state index >= 15 is 0 Å². The van der Waals surface area contributed by atoms with E-state index in [0.717, 1.165) is 5.70 Å². The van der Waals surface area contributed by atoms with Crippen LogP contribution in [0.1, 0.15) is 53.4 Å². The van der Waals surface area contributed by atoms with Gasteiger partial charge in [-0.1, -0.05) is 26.7 Å². The summed E-state index contributed by atoms with van der Waals surface area (Å²) in [6, 6.07) is 0.552. The highest BCUT2D eigenvalue weighted by Crippen LogP contribution is 2.23. The smallest absolute Gasteiger partial charge is 0.0503 e. The van der Waals surface area contributed by atoms with Gasteiger partial charge in [-0.25, -0.2) is 0 Å². The Bertz CT molecular complexity index is 264. The van der Waals surface area contributed by atoms with Gasteiger partial charge in [0, 0.05) is 11.4 Å². The van der Waals surface area contributed by atoms with Crippen LogP contribution >= 0.6 is 0 Å². The van der Waals surface area contributed by atoms with E-state index in [0.29, 0.717) is 12.0 Å². The molecule has 0 aromatic rings. The van der Waals surface area contributed by atoms with Crippen LogP contribution in [0, 0.1) is 5.92 Å². The number of allylic oxidation sites excluding steroid dienone is 2. The van der Waals surface area contributed by atoms with Gasteiger partial charge in [-0.2, -0.15) is 0 Å². The van der Waals surface area contributed by atoms with Crippen molar-refractivity contribution in [1.82, 2.24) is 0 Å². The van der Waals surface area contributed by atoms with Gasteiger partial charge in [-0.3, -0.25) is 4.99 Å². The summed E-state index contributed by atoms with van der Waals surface area (Å²) in [4.78, 5) is 4.88. The lowest BCUT2D eigenvalue weighted by Crippen LogP contribution is -2.16. The number of nitrogens with two attached hydrogens (primary N) is 1. The highest BCUT2D eigenvalue weighted by molar-refractivity contribution is 6.01. The van der Waals surface area contributed by atoms with E-state index in [1.54, 1.807) is 0 Å². The second-order valence-electron chi connectivity index (χ2n) is 4.92. The van der Waals surface area contributed by atoms with Crippen molar-refractivity contribution in [3.63, 3.8) is 0 Å². The molecule has 2 nitrogen and oxygen atoms in total. The lowest BCUT2D eigenvalue weighted by molar-refractivity contribution is 0.694. The maximum atomic E-state index is 5.85. The summed E-state index contributed by atoms with van der Waals surface area (Å²) >= 11 is 0. The third-order valence-electron chi connectivity index (χ3n) is 3.17. The predicted octanol–water partition coefficient (Wildman–Crippen LogP) is 3.28. The van der Waals surface area contributed by atoms with Crippen molar-refractivity contribution in [2.45, 2.75) is 59.4 Å². The lowest BCUT2D eigenvalue weighted by atomic mass is 9.99. The lowest BCUT2D eigenvalue weighted by Gasteiger charge is -2.15. The Morgan fingerprint density at radius 1 is 1.20 bits per heavy atom. The monoisotopic (exact) mass is 208 g/mol. The highest BCUT2D eigenvalue weighted by atomic mass is 14.8. The third kappa shape index (κ3) is 3.37. The molecule has 2 heteroatoms. The summed E-state index contributed by atoms with van der Waals surface area (Å²) in [5.41, 5.74) is 9.14. The molecule has 1 aliphatic carbocycles. The molecule has 1 rings (SSSR count). The fourth-order valence-electron chi connectivity index (χ4n) is 2.11. The van der Waals surface area contributed by atoms with Gasteiger partial charge >= 0.3 is 0 Å². The molecular weight excluding hydrogens is 184 g/mol. The van der Waals surface area contributed by atoms with E-state index in [1.807, 2.05) is 6.92 Å². The van der Waals surface area contributed by atoms with E-state index < -0.39 is 0 Å². The quantitative estimate of drug-likeness (QED) is 0.710. The first kappa shape index (κ1) is 12.3. The summed E-state index contributed by atoms with van der Waals surface area (Å²) in [6.07, 6.45) is 5.19. The summed E-state index contributed by atoms with van der Waals surface area (Å²) in [5, 5.41) is 0. The topological polar surface area (TPSA) is 38.4 Å². The zero-order chi connectivity index (χ0) is 11.4. The number of aliphatic imine (C=N–C) groups is 1. The van der Waals surface area contributed by atoms with Gasteiger partial charge in [0.2, 0.25) is 0 Å². The Morgan fingerprint density at radius 3 is 2.13 bits per heavy atom. The first-order valence-corrected chi connectivity index (χ1v) is 6.03. The molecule has 15 heavy (non-hydrogen) atoms. The second kappa shape index (κ2) is 5.34. The molecule has 0 aromatic carbocycles. The van der Waals surface area contributed by atoms with Crippen LogP contribution in [0.4, 0.5) is 0 Å². The van der Waals surface area contributed by atoms with Crippen LogP contribution in [0.5, 0.6) is 0 Å². The molecule has 0 heterocycles. The van der Waals surface area contributed by atoms with E-state index in [1.165, 1.54) is 37.0 Å². The molecular formula is C13H24N2. The van der Waals surface area contributed by atoms with Gasteiger partial charge in [0.15, 0.2) is 0 Å². The summed E-state index contributed by atoms with van der Waals surface area (Å²) in [6.45, 7) is 8.44. The molecule has 0 saturated heterocycles. The van der Waals surface area contributed by atoms with E-state index in [4.69, 9.17) is 10.7 Å². The molecule has 0 unspecified atom stereocenters. The number of rotatable bonds is 3. The Labute approximate surface area is 93.7 Å². The Kier molecular flexibility index (Phi) is 4.37.